The molecule has 0 bridgehead atoms. The summed E-state index contributed by atoms with van der Waals surface area (Å²) in [6.45, 7) is 7.11. The number of benzene rings is 1. The Morgan fingerprint density at radius 3 is 2.04 bits per heavy atom. The van der Waals surface area contributed by atoms with Crippen molar-refractivity contribution in [2.24, 2.45) is 23.7 Å². The Morgan fingerprint density at radius 2 is 1.44 bits per heavy atom. The quantitative estimate of drug-likeness (QED) is 0.493. The van der Waals surface area contributed by atoms with Gasteiger partial charge in [-0.25, -0.2) is 0 Å². The molecule has 0 nitrogen and oxygen atoms in total. The second-order valence-electron chi connectivity index (χ2n) is 9.41. The van der Waals surface area contributed by atoms with E-state index >= 15 is 0 Å². The second kappa shape index (κ2) is 9.24. The van der Waals surface area contributed by atoms with E-state index in [9.17, 15) is 0 Å². The van der Waals surface area contributed by atoms with Gasteiger partial charge in [0.15, 0.2) is 0 Å². The Balaban J connectivity index is 1.40. The molecule has 2 saturated carbocycles. The van der Waals surface area contributed by atoms with Gasteiger partial charge in [0.25, 0.3) is 0 Å². The summed E-state index contributed by atoms with van der Waals surface area (Å²) in [7, 11) is 0. The van der Waals surface area contributed by atoms with Gasteiger partial charge in [0.1, 0.15) is 0 Å². The number of rotatable bonds is 6. The van der Waals surface area contributed by atoms with E-state index in [0.717, 1.165) is 29.6 Å². The first-order chi connectivity index (χ1) is 12.2. The third-order valence-corrected chi connectivity index (χ3v) is 7.49. The van der Waals surface area contributed by atoms with Gasteiger partial charge in [-0.15, -0.1) is 0 Å². The van der Waals surface area contributed by atoms with Crippen LogP contribution in [0.2, 0.25) is 0 Å². The molecule has 1 unspecified atom stereocenters. The zero-order valence-corrected chi connectivity index (χ0v) is 17.0. The van der Waals surface area contributed by atoms with Crippen molar-refractivity contribution in [3.63, 3.8) is 0 Å². The summed E-state index contributed by atoms with van der Waals surface area (Å²) in [5, 5.41) is 0. The standard InChI is InChI=1S/C25H40/c1-4-5-21-8-14-23(15-9-21)20(3)18-22-10-16-25(17-11-22)24-12-6-19(2)7-13-24/h6-7,12-13,20-23,25H,4-5,8-11,14-18H2,1-3H3. The lowest BCUT2D eigenvalue weighted by molar-refractivity contribution is 0.169. The van der Waals surface area contributed by atoms with Crippen LogP contribution in [0.3, 0.4) is 0 Å². The number of aryl methyl sites for hydroxylation is 1. The fourth-order valence-corrected chi connectivity index (χ4v) is 5.74. The van der Waals surface area contributed by atoms with Gasteiger partial charge in [-0.1, -0.05) is 69.4 Å². The van der Waals surface area contributed by atoms with Crippen LogP contribution in [-0.2, 0) is 0 Å². The summed E-state index contributed by atoms with van der Waals surface area (Å²) in [4.78, 5) is 0. The summed E-state index contributed by atoms with van der Waals surface area (Å²) < 4.78 is 0. The van der Waals surface area contributed by atoms with Gasteiger partial charge in [0.05, 0.1) is 0 Å². The van der Waals surface area contributed by atoms with E-state index < -0.39 is 0 Å². The highest BCUT2D eigenvalue weighted by molar-refractivity contribution is 5.24. The molecule has 0 radical (unpaired) electrons. The van der Waals surface area contributed by atoms with E-state index in [2.05, 4.69) is 45.0 Å². The molecular formula is C25H40. The molecule has 2 aliphatic rings. The molecular weight excluding hydrogens is 300 g/mol. The molecule has 0 saturated heterocycles. The maximum Gasteiger partial charge on any atom is -0.0162 e. The minimum absolute atomic E-state index is 0.830. The van der Waals surface area contributed by atoms with Crippen molar-refractivity contribution >= 4 is 0 Å². The largest absolute Gasteiger partial charge is 0.0654 e. The third-order valence-electron chi connectivity index (χ3n) is 7.49. The molecule has 1 aromatic carbocycles. The van der Waals surface area contributed by atoms with Crippen LogP contribution >= 0.6 is 0 Å². The average molecular weight is 341 g/mol. The van der Waals surface area contributed by atoms with Crippen LogP contribution in [0.25, 0.3) is 0 Å². The lowest BCUT2D eigenvalue weighted by Crippen LogP contribution is -2.23. The first kappa shape index (κ1) is 19.0. The Labute approximate surface area is 156 Å². The summed E-state index contributed by atoms with van der Waals surface area (Å²) in [6, 6.07) is 9.33. The van der Waals surface area contributed by atoms with Gasteiger partial charge in [-0.3, -0.25) is 0 Å². The van der Waals surface area contributed by atoms with Crippen LogP contribution in [0.15, 0.2) is 24.3 Å². The van der Waals surface area contributed by atoms with Crippen molar-refractivity contribution in [1.82, 2.24) is 0 Å². The van der Waals surface area contributed by atoms with Crippen molar-refractivity contribution in [1.29, 1.82) is 0 Å². The first-order valence-corrected chi connectivity index (χ1v) is 11.2. The van der Waals surface area contributed by atoms with Crippen LogP contribution in [0.1, 0.15) is 102 Å². The zero-order valence-electron chi connectivity index (χ0n) is 17.0. The van der Waals surface area contributed by atoms with E-state index in [1.165, 1.54) is 76.2 Å². The Morgan fingerprint density at radius 1 is 0.840 bits per heavy atom. The fourth-order valence-electron chi connectivity index (χ4n) is 5.74. The second-order valence-corrected chi connectivity index (χ2v) is 9.41. The summed E-state index contributed by atoms with van der Waals surface area (Å²) >= 11 is 0. The van der Waals surface area contributed by atoms with E-state index in [4.69, 9.17) is 0 Å². The molecule has 140 valence electrons. The smallest absolute Gasteiger partial charge is 0.0162 e. The fraction of sp³-hybridized carbons (Fsp3) is 0.760. The Bertz CT molecular complexity index is 483. The predicted octanol–water partition coefficient (Wildman–Crippen LogP) is 7.90. The molecule has 0 heterocycles. The SMILES string of the molecule is CCCC1CCC(C(C)CC2CCC(c3ccc(C)cc3)CC2)CC1. The van der Waals surface area contributed by atoms with E-state index in [1.54, 1.807) is 5.56 Å². The van der Waals surface area contributed by atoms with Crippen molar-refractivity contribution in [2.45, 2.75) is 97.3 Å². The van der Waals surface area contributed by atoms with Gasteiger partial charge in [0, 0.05) is 0 Å². The Kier molecular flexibility index (Phi) is 7.02. The zero-order chi connectivity index (χ0) is 17.6. The van der Waals surface area contributed by atoms with Crippen LogP contribution in [0.4, 0.5) is 0 Å². The maximum absolute atomic E-state index is 2.57. The molecule has 0 heteroatoms. The highest BCUT2D eigenvalue weighted by atomic mass is 14.3. The Hall–Kier alpha value is -0.780. The molecule has 0 aliphatic heterocycles. The summed E-state index contributed by atoms with van der Waals surface area (Å²) in [5.74, 6) is 4.88. The van der Waals surface area contributed by atoms with Gasteiger partial charge >= 0.3 is 0 Å². The normalized spacial score (nSPS) is 31.6. The van der Waals surface area contributed by atoms with Crippen molar-refractivity contribution in [3.05, 3.63) is 35.4 Å². The van der Waals surface area contributed by atoms with Gasteiger partial charge in [-0.2, -0.15) is 0 Å². The minimum atomic E-state index is 0.830. The van der Waals surface area contributed by atoms with Gasteiger partial charge in [0.2, 0.25) is 0 Å². The molecule has 0 aromatic heterocycles. The molecule has 2 aliphatic carbocycles. The van der Waals surface area contributed by atoms with Crippen LogP contribution in [-0.4, -0.2) is 0 Å². The monoisotopic (exact) mass is 340 g/mol. The lowest BCUT2D eigenvalue weighted by atomic mass is 9.70. The van der Waals surface area contributed by atoms with E-state index in [1.807, 2.05) is 0 Å². The lowest BCUT2D eigenvalue weighted by Gasteiger charge is -2.36. The van der Waals surface area contributed by atoms with Crippen molar-refractivity contribution in [3.8, 4) is 0 Å². The molecule has 3 rings (SSSR count). The molecule has 2 fully saturated rings. The third kappa shape index (κ3) is 5.35. The van der Waals surface area contributed by atoms with Crippen LogP contribution in [0.5, 0.6) is 0 Å². The summed E-state index contributed by atoms with van der Waals surface area (Å²) in [6.07, 6.45) is 16.2. The summed E-state index contributed by atoms with van der Waals surface area (Å²) in [5.41, 5.74) is 2.98. The molecule has 1 atom stereocenters. The molecule has 0 N–H and O–H groups in total. The van der Waals surface area contributed by atoms with Crippen LogP contribution in [0, 0.1) is 30.6 Å². The predicted molar refractivity (Wildman–Crippen MR) is 110 cm³/mol. The number of hydrogen-bond acceptors (Lipinski definition) is 0. The molecule has 1 aromatic rings. The topological polar surface area (TPSA) is 0 Å². The van der Waals surface area contributed by atoms with Crippen molar-refractivity contribution < 1.29 is 0 Å². The van der Waals surface area contributed by atoms with E-state index in [-0.39, 0.29) is 0 Å². The maximum atomic E-state index is 2.57. The molecule has 0 spiro atoms. The van der Waals surface area contributed by atoms with E-state index in [0.29, 0.717) is 0 Å². The molecule has 0 amide bonds. The highest BCUT2D eigenvalue weighted by Gasteiger charge is 2.28. The highest BCUT2D eigenvalue weighted by Crippen LogP contribution is 2.42. The van der Waals surface area contributed by atoms with Crippen LogP contribution < -0.4 is 0 Å². The average Bonchev–Trinajstić information content (AvgIpc) is 2.64. The minimum Gasteiger partial charge on any atom is -0.0654 e. The van der Waals surface area contributed by atoms with Gasteiger partial charge < -0.3 is 0 Å². The first-order valence-electron chi connectivity index (χ1n) is 11.2. The number of hydrogen-bond donors (Lipinski definition) is 0. The van der Waals surface area contributed by atoms with Crippen molar-refractivity contribution in [2.75, 3.05) is 0 Å². The molecule has 25 heavy (non-hydrogen) atoms. The van der Waals surface area contributed by atoms with Gasteiger partial charge in [-0.05, 0) is 87.0 Å².